The maximum Gasteiger partial charge on any atom is 0.262 e. The van der Waals surface area contributed by atoms with Crippen molar-refractivity contribution in [2.45, 2.75) is 30.4 Å². The lowest BCUT2D eigenvalue weighted by Crippen LogP contribution is -2.28. The molecule has 0 saturated carbocycles. The van der Waals surface area contributed by atoms with Crippen LogP contribution in [-0.4, -0.2) is 29.0 Å². The maximum absolute atomic E-state index is 13.7. The fourth-order valence-electron chi connectivity index (χ4n) is 4.23. The van der Waals surface area contributed by atoms with Crippen molar-refractivity contribution in [2.24, 2.45) is 0 Å². The zero-order valence-electron chi connectivity index (χ0n) is 20.1. The molecule has 0 bridgehead atoms. The van der Waals surface area contributed by atoms with E-state index in [1.807, 2.05) is 12.1 Å². The van der Waals surface area contributed by atoms with Gasteiger partial charge < -0.3 is 24.3 Å². The molecule has 194 valence electrons. The average Bonchev–Trinajstić information content (AvgIpc) is 3.58. The predicted molar refractivity (Wildman–Crippen MR) is 137 cm³/mol. The van der Waals surface area contributed by atoms with Gasteiger partial charge in [-0.25, -0.2) is 9.37 Å². The van der Waals surface area contributed by atoms with E-state index in [-0.39, 0.29) is 43.8 Å². The largest absolute Gasteiger partial charge is 0.454 e. The first-order valence-electron chi connectivity index (χ1n) is 11.9. The third-order valence-corrected chi connectivity index (χ3v) is 7.21. The maximum atomic E-state index is 13.7. The molecule has 4 aromatic rings. The van der Waals surface area contributed by atoms with Crippen molar-refractivity contribution in [3.05, 3.63) is 81.9 Å². The third-order valence-electron chi connectivity index (χ3n) is 6.16. The molecule has 38 heavy (non-hydrogen) atoms. The molecule has 2 aliphatic rings. The molecule has 1 amide bonds. The summed E-state index contributed by atoms with van der Waals surface area (Å²) in [4.78, 5) is 30.9. The Morgan fingerprint density at radius 3 is 2.53 bits per heavy atom. The minimum Gasteiger partial charge on any atom is -0.454 e. The molecule has 9 nitrogen and oxygen atoms in total. The minimum atomic E-state index is -0.334. The van der Waals surface area contributed by atoms with E-state index in [0.717, 1.165) is 11.1 Å². The fourth-order valence-corrected chi connectivity index (χ4v) is 5.19. The number of halogens is 1. The van der Waals surface area contributed by atoms with Crippen molar-refractivity contribution in [1.82, 2.24) is 14.9 Å². The molecule has 0 aliphatic carbocycles. The molecule has 11 heteroatoms. The molecule has 0 radical (unpaired) electrons. The van der Waals surface area contributed by atoms with Crippen LogP contribution in [0.4, 0.5) is 4.39 Å². The molecule has 0 spiro atoms. The lowest BCUT2D eigenvalue weighted by molar-refractivity contribution is -0.121. The Balaban J connectivity index is 1.21. The van der Waals surface area contributed by atoms with Crippen LogP contribution >= 0.6 is 11.8 Å². The van der Waals surface area contributed by atoms with Crippen LogP contribution in [0.2, 0.25) is 0 Å². The van der Waals surface area contributed by atoms with Gasteiger partial charge in [0.1, 0.15) is 5.82 Å². The van der Waals surface area contributed by atoms with E-state index in [2.05, 4.69) is 5.32 Å². The number of hydrogen-bond donors (Lipinski definition) is 1. The SMILES string of the molecule is O=C(CCn1c(SCc2cccc(F)c2)nc2cc3c(cc2c1=O)OCO3)NCc1ccc2c(c1)OCO2. The summed E-state index contributed by atoms with van der Waals surface area (Å²) in [5.41, 5.74) is 1.79. The van der Waals surface area contributed by atoms with E-state index in [0.29, 0.717) is 51.4 Å². The molecule has 0 unspecified atom stereocenters. The van der Waals surface area contributed by atoms with Crippen LogP contribution in [0.15, 0.2) is 64.5 Å². The number of rotatable bonds is 8. The second-order valence-electron chi connectivity index (χ2n) is 8.71. The quantitative estimate of drug-likeness (QED) is 0.267. The van der Waals surface area contributed by atoms with E-state index >= 15 is 0 Å². The van der Waals surface area contributed by atoms with E-state index in [4.69, 9.17) is 23.9 Å². The number of nitrogens with zero attached hydrogens (tertiary/aromatic N) is 2. The third kappa shape index (κ3) is 4.97. The lowest BCUT2D eigenvalue weighted by atomic mass is 10.2. The average molecular weight is 536 g/mol. The van der Waals surface area contributed by atoms with Gasteiger partial charge in [-0.2, -0.15) is 0 Å². The van der Waals surface area contributed by atoms with Gasteiger partial charge in [-0.1, -0.05) is 30.0 Å². The molecule has 2 aliphatic heterocycles. The smallest absolute Gasteiger partial charge is 0.262 e. The van der Waals surface area contributed by atoms with Crippen LogP contribution < -0.4 is 29.8 Å². The first kappa shape index (κ1) is 24.1. The number of fused-ring (bicyclic) bond motifs is 3. The number of carbonyl (C=O) groups is 1. The molecule has 0 fully saturated rings. The summed E-state index contributed by atoms with van der Waals surface area (Å²) >= 11 is 1.30. The van der Waals surface area contributed by atoms with E-state index in [1.54, 1.807) is 30.3 Å². The second kappa shape index (κ2) is 10.3. The van der Waals surface area contributed by atoms with Crippen LogP contribution in [0, 0.1) is 5.82 Å². The normalized spacial score (nSPS) is 13.2. The minimum absolute atomic E-state index is 0.0652. The zero-order chi connectivity index (χ0) is 26.1. The van der Waals surface area contributed by atoms with Gasteiger partial charge in [-0.3, -0.25) is 14.2 Å². The summed E-state index contributed by atoms with van der Waals surface area (Å²) in [6.07, 6.45) is 0.0652. The van der Waals surface area contributed by atoms with Crippen molar-refractivity contribution in [3.8, 4) is 23.0 Å². The number of nitrogens with one attached hydrogen (secondary N) is 1. The Kier molecular flexibility index (Phi) is 6.50. The highest BCUT2D eigenvalue weighted by Crippen LogP contribution is 2.35. The molecule has 1 N–H and O–H groups in total. The van der Waals surface area contributed by atoms with E-state index in [9.17, 15) is 14.0 Å². The van der Waals surface area contributed by atoms with E-state index in [1.165, 1.54) is 28.5 Å². The Morgan fingerprint density at radius 1 is 0.947 bits per heavy atom. The van der Waals surface area contributed by atoms with Crippen molar-refractivity contribution in [2.75, 3.05) is 13.6 Å². The number of aromatic nitrogens is 2. The summed E-state index contributed by atoms with van der Waals surface area (Å²) in [5.74, 6) is 2.16. The summed E-state index contributed by atoms with van der Waals surface area (Å²) < 4.78 is 36.7. The summed E-state index contributed by atoms with van der Waals surface area (Å²) in [6, 6.07) is 15.0. The first-order valence-corrected chi connectivity index (χ1v) is 12.9. The molecule has 6 rings (SSSR count). The van der Waals surface area contributed by atoms with Gasteiger partial charge in [-0.05, 0) is 41.5 Å². The fraction of sp³-hybridized carbons (Fsp3) is 0.222. The van der Waals surface area contributed by atoms with Gasteiger partial charge in [0, 0.05) is 31.3 Å². The van der Waals surface area contributed by atoms with Crippen molar-refractivity contribution < 1.29 is 28.1 Å². The number of amides is 1. The van der Waals surface area contributed by atoms with Gasteiger partial charge >= 0.3 is 0 Å². The Labute approximate surface area is 220 Å². The zero-order valence-corrected chi connectivity index (χ0v) is 20.9. The number of carbonyl (C=O) groups excluding carboxylic acids is 1. The molecule has 0 atom stereocenters. The van der Waals surface area contributed by atoms with Crippen LogP contribution in [0.3, 0.4) is 0 Å². The van der Waals surface area contributed by atoms with Crippen molar-refractivity contribution in [1.29, 1.82) is 0 Å². The molecule has 1 aromatic heterocycles. The monoisotopic (exact) mass is 535 g/mol. The first-order chi connectivity index (χ1) is 18.5. The number of hydrogen-bond acceptors (Lipinski definition) is 8. The molecule has 3 heterocycles. The highest BCUT2D eigenvalue weighted by molar-refractivity contribution is 7.98. The molecular formula is C27H22FN3O6S. The summed E-state index contributed by atoms with van der Waals surface area (Å²) in [5, 5.41) is 3.67. The summed E-state index contributed by atoms with van der Waals surface area (Å²) in [6.45, 7) is 0.686. The predicted octanol–water partition coefficient (Wildman–Crippen LogP) is 3.99. The number of thioether (sulfide) groups is 1. The van der Waals surface area contributed by atoms with Crippen LogP contribution in [-0.2, 0) is 23.6 Å². The Morgan fingerprint density at radius 2 is 1.71 bits per heavy atom. The number of ether oxygens (including phenoxy) is 4. The molecule has 0 saturated heterocycles. The second-order valence-corrected chi connectivity index (χ2v) is 9.65. The van der Waals surface area contributed by atoms with Crippen molar-refractivity contribution in [3.63, 3.8) is 0 Å². The van der Waals surface area contributed by atoms with Crippen molar-refractivity contribution >= 4 is 28.6 Å². The highest BCUT2D eigenvalue weighted by atomic mass is 32.2. The summed E-state index contributed by atoms with van der Waals surface area (Å²) in [7, 11) is 0. The molecular weight excluding hydrogens is 513 g/mol. The lowest BCUT2D eigenvalue weighted by Gasteiger charge is -2.14. The standard InChI is InChI=1S/C27H22FN3O6S/c28-18-3-1-2-17(8-18)13-38-27-30-20-11-24-23(36-15-37-24)10-19(20)26(33)31(27)7-6-25(32)29-12-16-4-5-21-22(9-16)35-14-34-21/h1-5,8-11H,6-7,12-15H2,(H,29,32). The topological polar surface area (TPSA) is 101 Å². The van der Waals surface area contributed by atoms with Gasteiger partial charge in [0.25, 0.3) is 5.56 Å². The van der Waals surface area contributed by atoms with Gasteiger partial charge in [0.15, 0.2) is 28.2 Å². The van der Waals surface area contributed by atoms with Gasteiger partial charge in [0.05, 0.1) is 10.9 Å². The Hall–Kier alpha value is -4.25. The Bertz CT molecular complexity index is 1610. The van der Waals surface area contributed by atoms with Crippen LogP contribution in [0.5, 0.6) is 23.0 Å². The van der Waals surface area contributed by atoms with Crippen LogP contribution in [0.25, 0.3) is 10.9 Å². The van der Waals surface area contributed by atoms with Crippen LogP contribution in [0.1, 0.15) is 17.5 Å². The highest BCUT2D eigenvalue weighted by Gasteiger charge is 2.20. The van der Waals surface area contributed by atoms with Gasteiger partial charge in [-0.15, -0.1) is 0 Å². The van der Waals surface area contributed by atoms with E-state index < -0.39 is 0 Å². The number of benzene rings is 3. The van der Waals surface area contributed by atoms with Gasteiger partial charge in [0.2, 0.25) is 19.5 Å². The molecule has 3 aromatic carbocycles.